The molecule has 7 rings (SSSR count). The van der Waals surface area contributed by atoms with E-state index in [0.29, 0.717) is 45.2 Å². The predicted molar refractivity (Wildman–Crippen MR) is 131 cm³/mol. The van der Waals surface area contributed by atoms with E-state index in [1.807, 2.05) is 84.9 Å². The molecule has 0 aliphatic rings. The number of fused-ring (bicyclic) bond motifs is 14. The number of rotatable bonds is 0. The molecular weight excluding hydrogens is 531 g/mol. The monoisotopic (exact) mass is 544 g/mol. The molecule has 0 saturated carbocycles. The van der Waals surface area contributed by atoms with E-state index in [9.17, 15) is 0 Å². The Balaban J connectivity index is 0.00000229. The maximum absolute atomic E-state index is 4.71. The third-order valence-corrected chi connectivity index (χ3v) is 5.56. The van der Waals surface area contributed by atoms with Gasteiger partial charge >= 0.3 is 20.4 Å². The number of nitrogens with zero attached hydrogens (tertiary/aromatic N) is 8. The Kier molecular flexibility index (Phi) is 5.14. The second kappa shape index (κ2) is 8.47. The van der Waals surface area contributed by atoms with E-state index in [1.54, 1.807) is 0 Å². The van der Waals surface area contributed by atoms with Crippen LogP contribution in [0.3, 0.4) is 0 Å². The van der Waals surface area contributed by atoms with Crippen LogP contribution in [-0.4, -0.2) is 29.9 Å². The first-order valence-electron chi connectivity index (χ1n) is 10.7. The van der Waals surface area contributed by atoms with Crippen LogP contribution in [0.1, 0.15) is 0 Å². The van der Waals surface area contributed by atoms with Crippen molar-refractivity contribution in [3.8, 4) is 0 Å². The Morgan fingerprint density at radius 2 is 0.629 bits per heavy atom. The molecule has 8 bridgehead atoms. The average Bonchev–Trinajstić information content (AvgIpc) is 3.37. The maximum Gasteiger partial charge on any atom is 2.00 e. The van der Waals surface area contributed by atoms with Gasteiger partial charge in [-0.05, 0) is 45.8 Å². The topological polar surface area (TPSA) is 106 Å². The number of pyridine rings is 2. The maximum atomic E-state index is 4.71. The molecule has 0 N–H and O–H groups in total. The minimum absolute atomic E-state index is 0. The summed E-state index contributed by atoms with van der Waals surface area (Å²) in [6.45, 7) is 0. The normalized spacial score (nSPS) is 11.2. The van der Waals surface area contributed by atoms with Gasteiger partial charge in [-0.15, -0.1) is 0 Å². The van der Waals surface area contributed by atoms with Crippen molar-refractivity contribution in [1.29, 1.82) is 0 Å². The van der Waals surface area contributed by atoms with Gasteiger partial charge < -0.3 is 29.9 Å². The molecule has 9 heteroatoms. The van der Waals surface area contributed by atoms with Crippen LogP contribution in [0.4, 0.5) is 0 Å². The van der Waals surface area contributed by atoms with Gasteiger partial charge in [-0.3, -0.25) is 0 Å². The summed E-state index contributed by atoms with van der Waals surface area (Å²) in [5.74, 6) is 0. The van der Waals surface area contributed by atoms with Gasteiger partial charge in [0.15, 0.2) is 0 Å². The van der Waals surface area contributed by atoms with Crippen molar-refractivity contribution < 1.29 is 20.4 Å². The third-order valence-electron chi connectivity index (χ3n) is 5.56. The van der Waals surface area contributed by atoms with Gasteiger partial charge in [-0.1, -0.05) is 60.7 Å². The second-order valence-corrected chi connectivity index (χ2v) is 7.76. The van der Waals surface area contributed by atoms with Crippen molar-refractivity contribution in [1.82, 2.24) is 39.9 Å². The number of hydrogen-bond donors (Lipinski definition) is 0. The minimum Gasteiger partial charge on any atom is -0.357 e. The predicted octanol–water partition coefficient (Wildman–Crippen LogP) is 4.57. The molecule has 8 nitrogen and oxygen atoms in total. The van der Waals surface area contributed by atoms with E-state index in [2.05, 4.69) is 9.97 Å². The molecule has 0 aliphatic carbocycles. The van der Waals surface area contributed by atoms with Crippen molar-refractivity contribution >= 4 is 66.7 Å². The zero-order valence-electron chi connectivity index (χ0n) is 18.0. The van der Waals surface area contributed by atoms with E-state index in [-0.39, 0.29) is 20.4 Å². The van der Waals surface area contributed by atoms with E-state index < -0.39 is 0 Å². The zero-order chi connectivity index (χ0) is 22.5. The summed E-state index contributed by atoms with van der Waals surface area (Å²) in [5, 5.41) is 3.57. The molecule has 35 heavy (non-hydrogen) atoms. The summed E-state index contributed by atoms with van der Waals surface area (Å²) < 4.78 is 0. The molecule has 0 saturated heterocycles. The first-order chi connectivity index (χ1) is 16.8. The Labute approximate surface area is 211 Å². The summed E-state index contributed by atoms with van der Waals surface area (Å²) in [5.41, 5.74) is 4.20. The summed E-state index contributed by atoms with van der Waals surface area (Å²) in [4.78, 5) is 37.5. The quantitative estimate of drug-likeness (QED) is 0.256. The molecule has 0 amide bonds. The van der Waals surface area contributed by atoms with Gasteiger partial charge in [0.25, 0.3) is 0 Å². The molecule has 7 aromatic rings. The number of benzene rings is 2. The standard InChI is InChI=1S/C26H14N8.Pd/c1-2-8-16-15(7-1)23-29-19-11-5-13-21(27-19)31-25-17-9-3-4-10-18(17)26(34-25)32-22-14-6-12-20(28-22)30-24(16)33-23;/h1-14H;/q-2;+2. The van der Waals surface area contributed by atoms with Crippen LogP contribution in [0.2, 0.25) is 0 Å². The van der Waals surface area contributed by atoms with Crippen molar-refractivity contribution in [2.24, 2.45) is 0 Å². The van der Waals surface area contributed by atoms with Crippen LogP contribution in [0.15, 0.2) is 84.9 Å². The molecule has 2 aromatic carbocycles. The Morgan fingerprint density at radius 3 is 0.914 bits per heavy atom. The van der Waals surface area contributed by atoms with E-state index in [0.717, 1.165) is 21.5 Å². The second-order valence-electron chi connectivity index (χ2n) is 7.76. The fourth-order valence-corrected chi connectivity index (χ4v) is 4.04. The molecule has 0 atom stereocenters. The zero-order valence-corrected chi connectivity index (χ0v) is 19.5. The van der Waals surface area contributed by atoms with E-state index in [4.69, 9.17) is 29.9 Å². The van der Waals surface area contributed by atoms with Gasteiger partial charge in [-0.2, -0.15) is 0 Å². The molecule has 0 aliphatic heterocycles. The van der Waals surface area contributed by atoms with Crippen LogP contribution in [0.25, 0.3) is 66.7 Å². The molecule has 0 spiro atoms. The van der Waals surface area contributed by atoms with Crippen LogP contribution < -0.4 is 9.97 Å². The SMILES string of the molecule is [Pd+2].c1cc2nc(c1)nc1[n-]c(nc3cccc(n3)nc3[n-]c(n2)c2ccccc32)c2ccccc12. The van der Waals surface area contributed by atoms with Crippen molar-refractivity contribution in [2.45, 2.75) is 0 Å². The fraction of sp³-hybridized carbons (Fsp3) is 0. The van der Waals surface area contributed by atoms with Gasteiger partial charge in [0.05, 0.1) is 22.6 Å². The minimum atomic E-state index is 0. The van der Waals surface area contributed by atoms with E-state index >= 15 is 0 Å². The van der Waals surface area contributed by atoms with Crippen molar-refractivity contribution in [2.75, 3.05) is 0 Å². The first-order valence-corrected chi connectivity index (χ1v) is 10.7. The molecule has 5 heterocycles. The molecule has 168 valence electrons. The molecular formula is C26H14N8Pd. The largest absolute Gasteiger partial charge is 2.00 e. The van der Waals surface area contributed by atoms with Gasteiger partial charge in [0.2, 0.25) is 0 Å². The fourth-order valence-electron chi connectivity index (χ4n) is 4.04. The van der Waals surface area contributed by atoms with Crippen LogP contribution in [0.5, 0.6) is 0 Å². The molecule has 0 fully saturated rings. The third kappa shape index (κ3) is 3.77. The summed E-state index contributed by atoms with van der Waals surface area (Å²) in [6.07, 6.45) is 0. The average molecular weight is 545 g/mol. The van der Waals surface area contributed by atoms with Gasteiger partial charge in [0.1, 0.15) is 0 Å². The molecule has 0 unspecified atom stereocenters. The Hall–Kier alpha value is -4.32. The van der Waals surface area contributed by atoms with Gasteiger partial charge in [0, 0.05) is 22.6 Å². The van der Waals surface area contributed by atoms with Crippen LogP contribution in [-0.2, 0) is 20.4 Å². The van der Waals surface area contributed by atoms with Gasteiger partial charge in [-0.25, -0.2) is 9.97 Å². The molecule has 0 radical (unpaired) electrons. The molecule has 5 aromatic heterocycles. The Bertz CT molecular complexity index is 1720. The van der Waals surface area contributed by atoms with E-state index in [1.165, 1.54) is 0 Å². The summed E-state index contributed by atoms with van der Waals surface area (Å²) in [7, 11) is 0. The summed E-state index contributed by atoms with van der Waals surface area (Å²) in [6, 6.07) is 26.8. The summed E-state index contributed by atoms with van der Waals surface area (Å²) >= 11 is 0. The number of aromatic nitrogens is 8. The number of hydrogen-bond acceptors (Lipinski definition) is 6. The van der Waals surface area contributed by atoms with Crippen LogP contribution >= 0.6 is 0 Å². The van der Waals surface area contributed by atoms with Crippen molar-refractivity contribution in [3.05, 3.63) is 84.9 Å². The Morgan fingerprint density at radius 1 is 0.343 bits per heavy atom. The first kappa shape index (κ1) is 21.2. The van der Waals surface area contributed by atoms with Crippen molar-refractivity contribution in [3.63, 3.8) is 0 Å². The van der Waals surface area contributed by atoms with Crippen LogP contribution in [0, 0.1) is 0 Å². The smallest absolute Gasteiger partial charge is 0.357 e.